The summed E-state index contributed by atoms with van der Waals surface area (Å²) in [4.78, 5) is 41.2. The fourth-order valence-corrected chi connectivity index (χ4v) is 3.89. The van der Waals surface area contributed by atoms with Crippen LogP contribution in [0.2, 0.25) is 0 Å². The lowest BCUT2D eigenvalue weighted by Crippen LogP contribution is -2.51. The molecule has 1 atom stereocenters. The van der Waals surface area contributed by atoms with Crippen molar-refractivity contribution < 1.29 is 19.1 Å². The molecule has 2 N–H and O–H groups in total. The molecule has 0 radical (unpaired) electrons. The summed E-state index contributed by atoms with van der Waals surface area (Å²) in [5.74, 6) is -1.12. The van der Waals surface area contributed by atoms with E-state index in [1.807, 2.05) is 36.4 Å². The smallest absolute Gasteiger partial charge is 0.308 e. The Morgan fingerprint density at radius 1 is 1.03 bits per heavy atom. The number of aromatic amines is 1. The van der Waals surface area contributed by atoms with Gasteiger partial charge in [0, 0.05) is 43.8 Å². The largest absolute Gasteiger partial charge is 0.452 e. The van der Waals surface area contributed by atoms with E-state index in [1.165, 1.54) is 0 Å². The molecule has 0 spiro atoms. The Morgan fingerprint density at radius 3 is 2.48 bits per heavy atom. The van der Waals surface area contributed by atoms with Crippen molar-refractivity contribution in [3.05, 3.63) is 60.3 Å². The van der Waals surface area contributed by atoms with Crippen LogP contribution >= 0.6 is 0 Å². The fourth-order valence-electron chi connectivity index (χ4n) is 3.89. The van der Waals surface area contributed by atoms with Gasteiger partial charge in [-0.15, -0.1) is 0 Å². The Hall–Kier alpha value is -3.88. The number of piperazine rings is 1. The highest BCUT2D eigenvalue weighted by Crippen LogP contribution is 2.17. The number of carbonyl (C=O) groups excluding carboxylic acids is 3. The Morgan fingerprint density at radius 2 is 1.73 bits per heavy atom. The molecule has 33 heavy (non-hydrogen) atoms. The molecule has 2 aromatic carbocycles. The first-order valence-corrected chi connectivity index (χ1v) is 11.0. The van der Waals surface area contributed by atoms with Crippen LogP contribution in [0.4, 0.5) is 5.69 Å². The van der Waals surface area contributed by atoms with Gasteiger partial charge in [-0.1, -0.05) is 36.4 Å². The molecule has 2 amide bonds. The Labute approximate surface area is 191 Å². The lowest BCUT2D eigenvalue weighted by molar-refractivity contribution is -0.159. The van der Waals surface area contributed by atoms with E-state index in [0.29, 0.717) is 18.5 Å². The highest BCUT2D eigenvalue weighted by molar-refractivity contribution is 6.04. The molecule has 172 valence electrons. The number of para-hydroxylation sites is 2. The van der Waals surface area contributed by atoms with Crippen LogP contribution in [0.25, 0.3) is 10.9 Å². The third-order valence-corrected chi connectivity index (χ3v) is 5.67. The van der Waals surface area contributed by atoms with Gasteiger partial charge >= 0.3 is 5.97 Å². The number of nitrogens with one attached hydrogen (secondary N) is 2. The molecule has 1 aliphatic heterocycles. The van der Waals surface area contributed by atoms with E-state index in [0.717, 1.165) is 24.3 Å². The number of nitrogens with zero attached hydrogens (tertiary/aromatic N) is 3. The summed E-state index contributed by atoms with van der Waals surface area (Å²) in [7, 11) is 0. The average molecular weight is 450 g/mol. The second-order valence-electron chi connectivity index (χ2n) is 7.90. The fraction of sp³-hybridized carbons (Fsp3) is 0.333. The summed E-state index contributed by atoms with van der Waals surface area (Å²) in [6, 6.07) is 17.4. The zero-order valence-electron chi connectivity index (χ0n) is 18.5. The van der Waals surface area contributed by atoms with Crippen molar-refractivity contribution in [2.24, 2.45) is 0 Å². The first kappa shape index (κ1) is 22.3. The van der Waals surface area contributed by atoms with E-state index in [9.17, 15) is 14.4 Å². The highest BCUT2D eigenvalue weighted by atomic mass is 16.5. The molecule has 9 nitrogen and oxygen atoms in total. The van der Waals surface area contributed by atoms with Gasteiger partial charge in [-0.3, -0.25) is 19.5 Å². The number of anilines is 1. The van der Waals surface area contributed by atoms with Gasteiger partial charge < -0.3 is 19.9 Å². The van der Waals surface area contributed by atoms with Crippen molar-refractivity contribution >= 4 is 34.4 Å². The minimum absolute atomic E-state index is 0.0342. The van der Waals surface area contributed by atoms with Crippen LogP contribution in [0, 0.1) is 0 Å². The highest BCUT2D eigenvalue weighted by Gasteiger charge is 2.27. The molecule has 4 rings (SSSR count). The summed E-state index contributed by atoms with van der Waals surface area (Å²) in [5, 5.41) is 10.2. The van der Waals surface area contributed by atoms with Crippen LogP contribution in [-0.4, -0.2) is 71.7 Å². The first-order chi connectivity index (χ1) is 16.0. The number of hydrogen-bond acceptors (Lipinski definition) is 6. The molecule has 1 saturated heterocycles. The first-order valence-electron chi connectivity index (χ1n) is 11.0. The predicted octanol–water partition coefficient (Wildman–Crippen LogP) is 1.96. The van der Waals surface area contributed by atoms with E-state index in [2.05, 4.69) is 32.5 Å². The van der Waals surface area contributed by atoms with Crippen LogP contribution < -0.4 is 10.2 Å². The average Bonchev–Trinajstić information content (AvgIpc) is 3.28. The molecular formula is C24H27N5O4. The molecule has 3 aromatic rings. The number of aromatic nitrogens is 2. The van der Waals surface area contributed by atoms with Crippen LogP contribution in [0.5, 0.6) is 0 Å². The van der Waals surface area contributed by atoms with Crippen molar-refractivity contribution in [1.82, 2.24) is 20.4 Å². The third kappa shape index (κ3) is 5.31. The quantitative estimate of drug-likeness (QED) is 0.534. The number of carbonyl (C=O) groups is 3. The number of hydrogen-bond donors (Lipinski definition) is 2. The van der Waals surface area contributed by atoms with Crippen LogP contribution in [-0.2, 0) is 14.3 Å². The summed E-state index contributed by atoms with van der Waals surface area (Å²) < 4.78 is 5.30. The number of ether oxygens (including phenoxy) is 1. The molecule has 1 unspecified atom stereocenters. The van der Waals surface area contributed by atoms with E-state index >= 15 is 0 Å². The predicted molar refractivity (Wildman–Crippen MR) is 124 cm³/mol. The monoisotopic (exact) mass is 449 g/mol. The van der Waals surface area contributed by atoms with Crippen LogP contribution in [0.3, 0.4) is 0 Å². The number of rotatable bonds is 7. The molecule has 1 aliphatic rings. The minimum Gasteiger partial charge on any atom is -0.452 e. The summed E-state index contributed by atoms with van der Waals surface area (Å²) in [5.41, 5.74) is 2.17. The Balaban J connectivity index is 1.19. The van der Waals surface area contributed by atoms with Crippen molar-refractivity contribution in [2.45, 2.75) is 19.4 Å². The van der Waals surface area contributed by atoms with Gasteiger partial charge in [-0.05, 0) is 25.1 Å². The second-order valence-corrected chi connectivity index (χ2v) is 7.90. The van der Waals surface area contributed by atoms with E-state index < -0.39 is 12.1 Å². The van der Waals surface area contributed by atoms with Crippen molar-refractivity contribution in [1.29, 1.82) is 0 Å². The van der Waals surface area contributed by atoms with Crippen molar-refractivity contribution in [3.63, 3.8) is 0 Å². The molecule has 1 fully saturated rings. The van der Waals surface area contributed by atoms with Gasteiger partial charge in [0.05, 0.1) is 11.9 Å². The van der Waals surface area contributed by atoms with Crippen LogP contribution in [0.15, 0.2) is 54.6 Å². The number of H-pyrrole nitrogens is 1. The summed E-state index contributed by atoms with van der Waals surface area (Å²) in [6.45, 7) is 4.27. The second kappa shape index (κ2) is 10.2. The molecule has 2 heterocycles. The summed E-state index contributed by atoms with van der Waals surface area (Å²) >= 11 is 0. The summed E-state index contributed by atoms with van der Waals surface area (Å²) in [6.07, 6.45) is -0.903. The minimum atomic E-state index is -0.869. The topological polar surface area (TPSA) is 108 Å². The van der Waals surface area contributed by atoms with Gasteiger partial charge in [-0.2, -0.15) is 5.10 Å². The number of amides is 2. The Kier molecular flexibility index (Phi) is 6.87. The number of fused-ring (bicyclic) bond motifs is 1. The zero-order valence-corrected chi connectivity index (χ0v) is 18.5. The molecule has 9 heteroatoms. The van der Waals surface area contributed by atoms with Crippen molar-refractivity contribution in [3.8, 4) is 0 Å². The molecule has 0 bridgehead atoms. The van der Waals surface area contributed by atoms with Gasteiger partial charge in [0.1, 0.15) is 0 Å². The number of benzene rings is 2. The Bertz CT molecular complexity index is 1120. The molecule has 1 aromatic heterocycles. The maximum atomic E-state index is 12.7. The third-order valence-electron chi connectivity index (χ3n) is 5.67. The van der Waals surface area contributed by atoms with Gasteiger partial charge in [0.2, 0.25) is 0 Å². The lowest BCUT2D eigenvalue weighted by atomic mass is 10.2. The number of esters is 1. The molecule has 0 aliphatic carbocycles. The standard InChI is InChI=1S/C24H27N5O4/c1-17(24(32)29-15-13-28(14-16-29)18-7-3-2-4-8-18)33-21(30)11-12-25-23(31)22-19-9-5-6-10-20(19)26-27-22/h2-10,17H,11-16H2,1H3,(H,25,31)(H,26,27). The van der Waals surface area contributed by atoms with Crippen LogP contribution in [0.1, 0.15) is 23.8 Å². The molecular weight excluding hydrogens is 422 g/mol. The van der Waals surface area contributed by atoms with E-state index in [-0.39, 0.29) is 30.5 Å². The SMILES string of the molecule is CC(OC(=O)CCNC(=O)c1n[nH]c2ccccc12)C(=O)N1CCN(c2ccccc2)CC1. The maximum Gasteiger partial charge on any atom is 0.308 e. The normalized spacial score (nSPS) is 14.7. The van der Waals surface area contributed by atoms with E-state index in [4.69, 9.17) is 4.74 Å². The lowest BCUT2D eigenvalue weighted by Gasteiger charge is -2.37. The van der Waals surface area contributed by atoms with Gasteiger partial charge in [0.15, 0.2) is 11.8 Å². The van der Waals surface area contributed by atoms with Gasteiger partial charge in [0.25, 0.3) is 11.8 Å². The van der Waals surface area contributed by atoms with Gasteiger partial charge in [-0.25, -0.2) is 0 Å². The maximum absolute atomic E-state index is 12.7. The van der Waals surface area contributed by atoms with Crippen molar-refractivity contribution in [2.75, 3.05) is 37.6 Å². The molecule has 0 saturated carbocycles. The van der Waals surface area contributed by atoms with E-state index in [1.54, 1.807) is 17.9 Å². The zero-order chi connectivity index (χ0) is 23.2.